The average molecular weight is 394 g/mol. The van der Waals surface area contributed by atoms with Crippen molar-refractivity contribution in [1.82, 2.24) is 5.32 Å². The highest BCUT2D eigenvalue weighted by Crippen LogP contribution is 2.23. The highest BCUT2D eigenvalue weighted by atomic mass is 35.5. The largest absolute Gasteiger partial charge is 0.351 e. The first-order valence-corrected chi connectivity index (χ1v) is 10.1. The molecule has 136 valence electrons. The zero-order chi connectivity index (χ0) is 18.9. The Kier molecular flexibility index (Phi) is 7.14. The minimum absolute atomic E-state index is 0.102. The molecule has 1 N–H and O–H groups in total. The summed E-state index contributed by atoms with van der Waals surface area (Å²) < 4.78 is 0. The maximum absolute atomic E-state index is 12.8. The molecule has 0 saturated carbocycles. The molecule has 0 radical (unpaired) electrons. The van der Waals surface area contributed by atoms with Gasteiger partial charge in [-0.2, -0.15) is 0 Å². The summed E-state index contributed by atoms with van der Waals surface area (Å²) in [4.78, 5) is 14.0. The molecule has 0 aliphatic heterocycles. The van der Waals surface area contributed by atoms with E-state index >= 15 is 0 Å². The van der Waals surface area contributed by atoms with E-state index in [0.717, 1.165) is 16.9 Å². The molecule has 0 unspecified atom stereocenters. The third-order valence-electron chi connectivity index (χ3n) is 3.93. The van der Waals surface area contributed by atoms with Gasteiger partial charge in [0.15, 0.2) is 0 Å². The summed E-state index contributed by atoms with van der Waals surface area (Å²) in [7, 11) is 0. The molecule has 0 spiro atoms. The van der Waals surface area contributed by atoms with Gasteiger partial charge in [0.2, 0.25) is 0 Å². The molecule has 1 amide bonds. The normalized spacial score (nSPS) is 11.2. The van der Waals surface area contributed by atoms with E-state index in [2.05, 4.69) is 17.4 Å². The lowest BCUT2D eigenvalue weighted by Gasteiger charge is -2.10. The lowest BCUT2D eigenvalue weighted by atomic mass is 10.0. The Morgan fingerprint density at radius 2 is 1.52 bits per heavy atom. The Balaban J connectivity index is 1.71. The zero-order valence-electron chi connectivity index (χ0n) is 14.8. The van der Waals surface area contributed by atoms with Gasteiger partial charge in [-0.3, -0.25) is 4.79 Å². The summed E-state index contributed by atoms with van der Waals surface area (Å²) in [5.74, 6) is 0.707. The third kappa shape index (κ3) is 5.75. The second-order valence-electron chi connectivity index (χ2n) is 5.86. The van der Waals surface area contributed by atoms with E-state index in [4.69, 9.17) is 11.6 Å². The van der Waals surface area contributed by atoms with Crippen LogP contribution in [-0.2, 0) is 4.79 Å². The lowest BCUT2D eigenvalue weighted by molar-refractivity contribution is -0.115. The second-order valence-corrected chi connectivity index (χ2v) is 7.44. The zero-order valence-corrected chi connectivity index (χ0v) is 16.3. The number of amides is 1. The lowest BCUT2D eigenvalue weighted by Crippen LogP contribution is -2.26. The first kappa shape index (κ1) is 19.3. The van der Waals surface area contributed by atoms with Gasteiger partial charge in [-0.1, -0.05) is 78.3 Å². The maximum atomic E-state index is 12.8. The summed E-state index contributed by atoms with van der Waals surface area (Å²) >= 11 is 8.00. The van der Waals surface area contributed by atoms with E-state index in [0.29, 0.717) is 17.1 Å². The number of hydrogen-bond donors (Lipinski definition) is 1. The van der Waals surface area contributed by atoms with Gasteiger partial charge >= 0.3 is 0 Å². The van der Waals surface area contributed by atoms with Crippen LogP contribution < -0.4 is 5.32 Å². The fourth-order valence-electron chi connectivity index (χ4n) is 2.59. The van der Waals surface area contributed by atoms with E-state index in [1.807, 2.05) is 78.9 Å². The average Bonchev–Trinajstić information content (AvgIpc) is 2.72. The van der Waals surface area contributed by atoms with Crippen molar-refractivity contribution < 1.29 is 4.79 Å². The molecule has 3 aromatic rings. The third-order valence-corrected chi connectivity index (χ3v) is 5.29. The quantitative estimate of drug-likeness (QED) is 0.238. The number of benzene rings is 3. The minimum atomic E-state index is -0.102. The molecule has 3 rings (SSSR count). The summed E-state index contributed by atoms with van der Waals surface area (Å²) in [6.07, 6.45) is 1.84. The molecule has 0 atom stereocenters. The molecule has 0 aliphatic rings. The van der Waals surface area contributed by atoms with Gasteiger partial charge in [-0.25, -0.2) is 0 Å². The van der Waals surface area contributed by atoms with Crippen LogP contribution >= 0.6 is 23.4 Å². The van der Waals surface area contributed by atoms with Crippen LogP contribution in [0.3, 0.4) is 0 Å². The molecule has 0 fully saturated rings. The molecular formula is C23H20ClNOS. The van der Waals surface area contributed by atoms with Crippen molar-refractivity contribution in [2.45, 2.75) is 4.90 Å². The van der Waals surface area contributed by atoms with Gasteiger partial charge in [0, 0.05) is 27.8 Å². The van der Waals surface area contributed by atoms with Gasteiger partial charge in [-0.15, -0.1) is 11.8 Å². The molecule has 0 aliphatic carbocycles. The van der Waals surface area contributed by atoms with Crippen LogP contribution in [-0.4, -0.2) is 18.2 Å². The first-order valence-electron chi connectivity index (χ1n) is 8.72. The Hall–Kier alpha value is -2.49. The number of halogens is 1. The Labute approximate surface area is 169 Å². The van der Waals surface area contributed by atoms with Crippen molar-refractivity contribution in [2.24, 2.45) is 0 Å². The van der Waals surface area contributed by atoms with Crippen molar-refractivity contribution >= 4 is 40.9 Å². The van der Waals surface area contributed by atoms with Crippen LogP contribution in [0.5, 0.6) is 0 Å². The molecule has 0 heterocycles. The Bertz CT molecular complexity index is 910. The van der Waals surface area contributed by atoms with Crippen molar-refractivity contribution in [1.29, 1.82) is 0 Å². The van der Waals surface area contributed by atoms with Gasteiger partial charge in [0.25, 0.3) is 5.91 Å². The van der Waals surface area contributed by atoms with Crippen LogP contribution in [0, 0.1) is 0 Å². The Morgan fingerprint density at radius 3 is 2.22 bits per heavy atom. The molecule has 0 aromatic heterocycles. The highest BCUT2D eigenvalue weighted by molar-refractivity contribution is 7.99. The SMILES string of the molecule is O=C(NCCSc1ccccc1)/C(=C/c1ccccc1Cl)c1ccccc1. The first-order chi connectivity index (χ1) is 13.2. The van der Waals surface area contributed by atoms with Crippen molar-refractivity contribution in [3.63, 3.8) is 0 Å². The summed E-state index contributed by atoms with van der Waals surface area (Å²) in [6.45, 7) is 0.588. The highest BCUT2D eigenvalue weighted by Gasteiger charge is 2.12. The van der Waals surface area contributed by atoms with Crippen LogP contribution in [0.2, 0.25) is 5.02 Å². The fourth-order valence-corrected chi connectivity index (χ4v) is 3.57. The maximum Gasteiger partial charge on any atom is 0.251 e. The van der Waals surface area contributed by atoms with Gasteiger partial charge in [0.05, 0.1) is 0 Å². The second kappa shape index (κ2) is 10.0. The predicted octanol–water partition coefficient (Wildman–Crippen LogP) is 5.79. The van der Waals surface area contributed by atoms with Gasteiger partial charge < -0.3 is 5.32 Å². The number of hydrogen-bond acceptors (Lipinski definition) is 2. The van der Waals surface area contributed by atoms with Crippen molar-refractivity contribution in [3.8, 4) is 0 Å². The molecule has 0 saturated heterocycles. The van der Waals surface area contributed by atoms with Gasteiger partial charge in [-0.05, 0) is 35.4 Å². The number of rotatable bonds is 7. The predicted molar refractivity (Wildman–Crippen MR) is 116 cm³/mol. The van der Waals surface area contributed by atoms with E-state index in [1.54, 1.807) is 11.8 Å². The number of thioether (sulfide) groups is 1. The van der Waals surface area contributed by atoms with E-state index in [9.17, 15) is 4.79 Å². The topological polar surface area (TPSA) is 29.1 Å². The molecule has 0 bridgehead atoms. The summed E-state index contributed by atoms with van der Waals surface area (Å²) in [5.41, 5.74) is 2.30. The molecule has 4 heteroatoms. The molecular weight excluding hydrogens is 374 g/mol. The molecule has 3 aromatic carbocycles. The molecule has 27 heavy (non-hydrogen) atoms. The standard InChI is InChI=1S/C23H20ClNOS/c24-22-14-8-7-11-19(22)17-21(18-9-3-1-4-10-18)23(26)25-15-16-27-20-12-5-2-6-13-20/h1-14,17H,15-16H2,(H,25,26)/b21-17+. The van der Waals surface area contributed by atoms with Crippen molar-refractivity contribution in [3.05, 3.63) is 101 Å². The number of carbonyl (C=O) groups is 1. The van der Waals surface area contributed by atoms with Crippen molar-refractivity contribution in [2.75, 3.05) is 12.3 Å². The van der Waals surface area contributed by atoms with Gasteiger partial charge in [0.1, 0.15) is 0 Å². The Morgan fingerprint density at radius 1 is 0.889 bits per heavy atom. The van der Waals surface area contributed by atoms with Crippen LogP contribution in [0.15, 0.2) is 89.8 Å². The van der Waals surface area contributed by atoms with Crippen LogP contribution in [0.4, 0.5) is 0 Å². The minimum Gasteiger partial charge on any atom is -0.351 e. The summed E-state index contributed by atoms with van der Waals surface area (Å²) in [5, 5.41) is 3.64. The number of carbonyl (C=O) groups excluding carboxylic acids is 1. The van der Waals surface area contributed by atoms with E-state index in [-0.39, 0.29) is 5.91 Å². The smallest absolute Gasteiger partial charge is 0.251 e. The number of nitrogens with one attached hydrogen (secondary N) is 1. The monoisotopic (exact) mass is 393 g/mol. The summed E-state index contributed by atoms with van der Waals surface area (Å²) in [6, 6.07) is 27.3. The van der Waals surface area contributed by atoms with Crippen LogP contribution in [0.25, 0.3) is 11.6 Å². The van der Waals surface area contributed by atoms with Crippen LogP contribution in [0.1, 0.15) is 11.1 Å². The fraction of sp³-hybridized carbons (Fsp3) is 0.0870. The van der Waals surface area contributed by atoms with E-state index in [1.165, 1.54) is 4.90 Å². The van der Waals surface area contributed by atoms with E-state index < -0.39 is 0 Å². The molecule has 2 nitrogen and oxygen atoms in total.